The Morgan fingerprint density at radius 1 is 1.52 bits per heavy atom. The summed E-state index contributed by atoms with van der Waals surface area (Å²) in [4.78, 5) is 23.4. The topological polar surface area (TPSA) is 63.1 Å². The number of fused-ring (bicyclic) bond motifs is 1. The molecule has 0 saturated heterocycles. The zero-order valence-electron chi connectivity index (χ0n) is 12.9. The maximum absolute atomic E-state index is 12.6. The number of nitrogens with one attached hydrogen (secondary N) is 1. The summed E-state index contributed by atoms with van der Waals surface area (Å²) in [5.41, 5.74) is 2.62. The zero-order valence-corrected chi connectivity index (χ0v) is 15.3. The van der Waals surface area contributed by atoms with Crippen LogP contribution in [0.15, 0.2) is 16.9 Å². The summed E-state index contributed by atoms with van der Waals surface area (Å²) in [6.45, 7) is 4.89. The predicted octanol–water partition coefficient (Wildman–Crippen LogP) is 2.86. The third kappa shape index (κ3) is 3.13. The maximum atomic E-state index is 12.6. The molecular weight excluding hydrogens is 382 g/mol. The summed E-state index contributed by atoms with van der Waals surface area (Å²) in [5, 5.41) is 3.18. The molecule has 0 aliphatic carbocycles. The van der Waals surface area contributed by atoms with Gasteiger partial charge >= 0.3 is 0 Å². The Hall–Kier alpha value is -1.44. The molecule has 8 heteroatoms. The lowest BCUT2D eigenvalue weighted by Crippen LogP contribution is -2.30. The van der Waals surface area contributed by atoms with Crippen LogP contribution in [0, 0.1) is 0 Å². The molecule has 0 atom stereocenters. The fourth-order valence-electron chi connectivity index (χ4n) is 2.75. The van der Waals surface area contributed by atoms with Crippen LogP contribution in [0.25, 0.3) is 0 Å². The first-order valence-electron chi connectivity index (χ1n) is 7.39. The van der Waals surface area contributed by atoms with Gasteiger partial charge in [0.15, 0.2) is 5.82 Å². The summed E-state index contributed by atoms with van der Waals surface area (Å²) in [6.07, 6.45) is 2.48. The molecule has 1 N–H and O–H groups in total. The molecule has 0 unspecified atom stereocenters. The van der Waals surface area contributed by atoms with E-state index in [-0.39, 0.29) is 5.91 Å². The minimum atomic E-state index is -0.273. The van der Waals surface area contributed by atoms with E-state index in [4.69, 9.17) is 11.6 Å². The summed E-state index contributed by atoms with van der Waals surface area (Å²) < 4.78 is 2.37. The number of likely N-dealkylation sites (N-methyl/N-ethyl adjacent to an activating group) is 1. The fourth-order valence-corrected chi connectivity index (χ4v) is 3.24. The number of nitrogens with zero attached hydrogens (tertiary/aromatic N) is 4. The highest BCUT2D eigenvalue weighted by Gasteiger charge is 2.25. The van der Waals surface area contributed by atoms with E-state index >= 15 is 0 Å². The van der Waals surface area contributed by atoms with Gasteiger partial charge in [-0.15, -0.1) is 0 Å². The summed E-state index contributed by atoms with van der Waals surface area (Å²) >= 11 is 9.39. The Balaban J connectivity index is 1.86. The Labute approximate surface area is 148 Å². The summed E-state index contributed by atoms with van der Waals surface area (Å²) in [6, 6.07) is 1.66. The van der Waals surface area contributed by atoms with Gasteiger partial charge in [-0.1, -0.05) is 18.5 Å². The molecular formula is C15H17BrClN5O. The van der Waals surface area contributed by atoms with E-state index < -0.39 is 0 Å². The number of imidazole rings is 1. The van der Waals surface area contributed by atoms with Gasteiger partial charge in [-0.3, -0.25) is 9.69 Å². The molecule has 1 aliphatic heterocycles. The maximum Gasteiger partial charge on any atom is 0.291 e. The third-order valence-corrected chi connectivity index (χ3v) is 5.29. The lowest BCUT2D eigenvalue weighted by atomic mass is 10.1. The molecule has 0 aromatic carbocycles. The molecule has 3 heterocycles. The number of carbonyl (C=O) groups is 1. The zero-order chi connectivity index (χ0) is 16.6. The van der Waals surface area contributed by atoms with Crippen molar-refractivity contribution >= 4 is 39.1 Å². The minimum absolute atomic E-state index is 0.273. The van der Waals surface area contributed by atoms with Gasteiger partial charge in [0.25, 0.3) is 5.91 Å². The highest BCUT2D eigenvalue weighted by atomic mass is 79.9. The average Bonchev–Trinajstić information content (AvgIpc) is 2.88. The Morgan fingerprint density at radius 3 is 3.04 bits per heavy atom. The molecule has 6 nitrogen and oxygen atoms in total. The first-order chi connectivity index (χ1) is 11.0. The summed E-state index contributed by atoms with van der Waals surface area (Å²) in [5.74, 6) is 0.127. The lowest BCUT2D eigenvalue weighted by molar-refractivity contribution is 0.101. The predicted molar refractivity (Wildman–Crippen MR) is 92.8 cm³/mol. The quantitative estimate of drug-likeness (QED) is 0.808. The monoisotopic (exact) mass is 397 g/mol. The molecule has 1 amide bonds. The molecule has 0 radical (unpaired) electrons. The molecule has 2 aromatic heterocycles. The van der Waals surface area contributed by atoms with Crippen LogP contribution in [-0.2, 0) is 20.0 Å². The van der Waals surface area contributed by atoms with Gasteiger partial charge in [0, 0.05) is 38.4 Å². The van der Waals surface area contributed by atoms with E-state index in [9.17, 15) is 4.79 Å². The van der Waals surface area contributed by atoms with Crippen molar-refractivity contribution in [2.45, 2.75) is 19.9 Å². The standard InChI is InChI=1S/C15H17BrClN5O/c1-3-22-7-5-11-10(8-22)19-14(21(11)2)15(23)20-9-4-6-18-13(16)12(9)17/h4,6H,3,5,7-8H2,1-2H3,(H,18,20,23). The molecule has 0 fully saturated rings. The number of halogens is 2. The van der Waals surface area contributed by atoms with Gasteiger partial charge in [0.1, 0.15) is 4.60 Å². The Bertz CT molecular complexity index is 761. The van der Waals surface area contributed by atoms with Gasteiger partial charge < -0.3 is 9.88 Å². The van der Waals surface area contributed by atoms with Gasteiger partial charge in [-0.05, 0) is 28.5 Å². The first kappa shape index (κ1) is 16.4. The van der Waals surface area contributed by atoms with Crippen molar-refractivity contribution in [1.29, 1.82) is 0 Å². The van der Waals surface area contributed by atoms with Crippen LogP contribution >= 0.6 is 27.5 Å². The van der Waals surface area contributed by atoms with Crippen molar-refractivity contribution in [1.82, 2.24) is 19.4 Å². The van der Waals surface area contributed by atoms with E-state index in [1.165, 1.54) is 0 Å². The second kappa shape index (κ2) is 6.59. The first-order valence-corrected chi connectivity index (χ1v) is 8.56. The van der Waals surface area contributed by atoms with Crippen LogP contribution in [0.1, 0.15) is 28.9 Å². The SMILES string of the molecule is CCN1CCc2c(nc(C(=O)Nc3ccnc(Br)c3Cl)n2C)C1. The molecule has 23 heavy (non-hydrogen) atoms. The van der Waals surface area contributed by atoms with Crippen molar-refractivity contribution in [2.24, 2.45) is 7.05 Å². The average molecular weight is 399 g/mol. The number of anilines is 1. The van der Waals surface area contributed by atoms with Crippen LogP contribution < -0.4 is 5.32 Å². The van der Waals surface area contributed by atoms with Crippen LogP contribution in [-0.4, -0.2) is 38.4 Å². The normalized spacial score (nSPS) is 14.6. The van der Waals surface area contributed by atoms with E-state index in [1.807, 2.05) is 11.6 Å². The van der Waals surface area contributed by atoms with Crippen molar-refractivity contribution in [3.63, 3.8) is 0 Å². The number of carbonyl (C=O) groups excluding carboxylic acids is 1. The molecule has 0 saturated carbocycles. The van der Waals surface area contributed by atoms with E-state index in [2.05, 4.69) is 43.0 Å². The Morgan fingerprint density at radius 2 is 2.30 bits per heavy atom. The molecule has 2 aromatic rings. The van der Waals surface area contributed by atoms with Gasteiger partial charge in [-0.2, -0.15) is 0 Å². The Kier molecular flexibility index (Phi) is 4.70. The van der Waals surface area contributed by atoms with E-state index in [0.717, 1.165) is 37.4 Å². The van der Waals surface area contributed by atoms with Crippen molar-refractivity contribution < 1.29 is 4.79 Å². The van der Waals surface area contributed by atoms with Crippen molar-refractivity contribution in [2.75, 3.05) is 18.4 Å². The van der Waals surface area contributed by atoms with Gasteiger partial charge in [0.05, 0.1) is 16.4 Å². The highest BCUT2D eigenvalue weighted by molar-refractivity contribution is 9.10. The molecule has 0 bridgehead atoms. The fraction of sp³-hybridized carbons (Fsp3) is 0.400. The largest absolute Gasteiger partial charge is 0.327 e. The van der Waals surface area contributed by atoms with Gasteiger partial charge in [-0.25, -0.2) is 9.97 Å². The van der Waals surface area contributed by atoms with Crippen LogP contribution in [0.3, 0.4) is 0 Å². The van der Waals surface area contributed by atoms with Crippen molar-refractivity contribution in [3.8, 4) is 0 Å². The molecule has 122 valence electrons. The number of amides is 1. The van der Waals surface area contributed by atoms with Gasteiger partial charge in [0.2, 0.25) is 0 Å². The molecule has 0 spiro atoms. The number of rotatable bonds is 3. The van der Waals surface area contributed by atoms with Crippen molar-refractivity contribution in [3.05, 3.63) is 39.1 Å². The lowest BCUT2D eigenvalue weighted by Gasteiger charge is -2.24. The number of hydrogen-bond acceptors (Lipinski definition) is 4. The van der Waals surface area contributed by atoms with E-state index in [1.54, 1.807) is 12.3 Å². The second-order valence-electron chi connectivity index (χ2n) is 5.42. The van der Waals surface area contributed by atoms with Crippen LogP contribution in [0.5, 0.6) is 0 Å². The minimum Gasteiger partial charge on any atom is -0.327 e. The number of pyridine rings is 1. The molecule has 3 rings (SSSR count). The highest BCUT2D eigenvalue weighted by Crippen LogP contribution is 2.28. The number of aromatic nitrogens is 3. The van der Waals surface area contributed by atoms with Crippen LogP contribution in [0.2, 0.25) is 5.02 Å². The summed E-state index contributed by atoms with van der Waals surface area (Å²) in [7, 11) is 1.88. The smallest absolute Gasteiger partial charge is 0.291 e. The third-order valence-electron chi connectivity index (χ3n) is 4.08. The number of hydrogen-bond donors (Lipinski definition) is 1. The second-order valence-corrected chi connectivity index (χ2v) is 6.55. The van der Waals surface area contributed by atoms with Crippen LogP contribution in [0.4, 0.5) is 5.69 Å². The molecule has 1 aliphatic rings. The van der Waals surface area contributed by atoms with E-state index in [0.29, 0.717) is 21.1 Å².